The van der Waals surface area contributed by atoms with Crippen LogP contribution < -0.4 is 20.1 Å². The van der Waals surface area contributed by atoms with Crippen molar-refractivity contribution in [3.05, 3.63) is 36.7 Å². The van der Waals surface area contributed by atoms with Crippen LogP contribution in [-0.4, -0.2) is 43.0 Å². The van der Waals surface area contributed by atoms with Crippen molar-refractivity contribution in [2.75, 3.05) is 32.6 Å². The highest BCUT2D eigenvalue weighted by Gasteiger charge is 2.06. The molecule has 23 heavy (non-hydrogen) atoms. The Bertz CT molecular complexity index is 625. The number of nitrogens with zero attached hydrogens (tertiary/aromatic N) is 3. The van der Waals surface area contributed by atoms with Crippen molar-refractivity contribution in [2.24, 2.45) is 4.99 Å². The monoisotopic (exact) mass is 317 g/mol. The first-order valence-electron chi connectivity index (χ1n) is 7.51. The Morgan fingerprint density at radius 2 is 2.09 bits per heavy atom. The number of hydrogen-bond acceptors (Lipinski definition) is 4. The minimum Gasteiger partial charge on any atom is -0.493 e. The molecule has 0 amide bonds. The van der Waals surface area contributed by atoms with Crippen molar-refractivity contribution in [1.29, 1.82) is 0 Å². The fourth-order valence-electron chi connectivity index (χ4n) is 2.05. The predicted octanol–water partition coefficient (Wildman–Crippen LogP) is 1.98. The third-order valence-corrected chi connectivity index (χ3v) is 3.15. The summed E-state index contributed by atoms with van der Waals surface area (Å²) in [5, 5.41) is 10.6. The van der Waals surface area contributed by atoms with E-state index in [-0.39, 0.29) is 0 Å². The number of nitrogens with one attached hydrogen (secondary N) is 2. The molecule has 1 aromatic heterocycles. The van der Waals surface area contributed by atoms with Crippen LogP contribution in [0.2, 0.25) is 0 Å². The largest absolute Gasteiger partial charge is 0.493 e. The first-order valence-corrected chi connectivity index (χ1v) is 7.51. The third kappa shape index (κ3) is 4.91. The Morgan fingerprint density at radius 3 is 2.74 bits per heavy atom. The molecule has 2 aromatic rings. The molecule has 7 heteroatoms. The predicted molar refractivity (Wildman–Crippen MR) is 91.4 cm³/mol. The molecule has 0 unspecified atom stereocenters. The molecular weight excluding hydrogens is 294 g/mol. The average Bonchev–Trinajstić information content (AvgIpc) is 3.08. The maximum Gasteiger partial charge on any atom is 0.195 e. The van der Waals surface area contributed by atoms with E-state index < -0.39 is 0 Å². The Balaban J connectivity index is 2.03. The zero-order chi connectivity index (χ0) is 16.5. The number of methoxy groups -OCH3 is 2. The quantitative estimate of drug-likeness (QED) is 0.603. The molecule has 0 aliphatic carbocycles. The van der Waals surface area contributed by atoms with Gasteiger partial charge in [-0.2, -0.15) is 5.10 Å². The zero-order valence-corrected chi connectivity index (χ0v) is 13.7. The van der Waals surface area contributed by atoms with Gasteiger partial charge in [0.05, 0.1) is 27.3 Å². The van der Waals surface area contributed by atoms with Crippen molar-refractivity contribution < 1.29 is 9.47 Å². The molecule has 0 saturated heterocycles. The SMILES string of the molecule is CCNC(=NCCn1cccn1)Nc1ccc(OC)c(OC)c1. The number of aromatic nitrogens is 2. The van der Waals surface area contributed by atoms with E-state index in [1.165, 1.54) is 0 Å². The molecule has 0 aliphatic rings. The molecule has 0 atom stereocenters. The Hall–Kier alpha value is -2.70. The van der Waals surface area contributed by atoms with Gasteiger partial charge in [0.2, 0.25) is 0 Å². The first kappa shape index (κ1) is 16.7. The highest BCUT2D eigenvalue weighted by atomic mass is 16.5. The van der Waals surface area contributed by atoms with E-state index in [2.05, 4.69) is 20.7 Å². The van der Waals surface area contributed by atoms with Crippen LogP contribution in [0.3, 0.4) is 0 Å². The summed E-state index contributed by atoms with van der Waals surface area (Å²) in [6.07, 6.45) is 3.68. The lowest BCUT2D eigenvalue weighted by Crippen LogP contribution is -2.31. The van der Waals surface area contributed by atoms with Crippen LogP contribution in [0, 0.1) is 0 Å². The Kier molecular flexibility index (Phi) is 6.28. The number of anilines is 1. The molecule has 1 aromatic carbocycles. The number of hydrogen-bond donors (Lipinski definition) is 2. The first-order chi connectivity index (χ1) is 11.3. The van der Waals surface area contributed by atoms with Gasteiger partial charge in [-0.05, 0) is 25.1 Å². The molecular formula is C16H23N5O2. The average molecular weight is 317 g/mol. The number of guanidine groups is 1. The van der Waals surface area contributed by atoms with E-state index in [4.69, 9.17) is 9.47 Å². The van der Waals surface area contributed by atoms with Gasteiger partial charge in [0.1, 0.15) is 0 Å². The van der Waals surface area contributed by atoms with Crippen LogP contribution in [0.5, 0.6) is 11.5 Å². The van der Waals surface area contributed by atoms with Crippen molar-refractivity contribution in [3.63, 3.8) is 0 Å². The van der Waals surface area contributed by atoms with E-state index in [9.17, 15) is 0 Å². The lowest BCUT2D eigenvalue weighted by atomic mass is 10.3. The summed E-state index contributed by atoms with van der Waals surface area (Å²) in [6, 6.07) is 7.55. The molecule has 0 radical (unpaired) electrons. The van der Waals surface area contributed by atoms with Gasteiger partial charge in [-0.15, -0.1) is 0 Å². The Morgan fingerprint density at radius 1 is 1.26 bits per heavy atom. The third-order valence-electron chi connectivity index (χ3n) is 3.15. The van der Waals surface area contributed by atoms with E-state index in [0.717, 1.165) is 18.8 Å². The smallest absolute Gasteiger partial charge is 0.195 e. The van der Waals surface area contributed by atoms with Crippen LogP contribution in [0.25, 0.3) is 0 Å². The summed E-state index contributed by atoms with van der Waals surface area (Å²) in [5.41, 5.74) is 0.876. The van der Waals surface area contributed by atoms with Crippen molar-refractivity contribution in [2.45, 2.75) is 13.5 Å². The number of benzene rings is 1. The summed E-state index contributed by atoms with van der Waals surface area (Å²) in [7, 11) is 3.23. The summed E-state index contributed by atoms with van der Waals surface area (Å²) >= 11 is 0. The van der Waals surface area contributed by atoms with Gasteiger partial charge in [-0.1, -0.05) is 0 Å². The fraction of sp³-hybridized carbons (Fsp3) is 0.375. The van der Waals surface area contributed by atoms with Crippen molar-refractivity contribution in [1.82, 2.24) is 15.1 Å². The van der Waals surface area contributed by atoms with Crippen LogP contribution in [0.1, 0.15) is 6.92 Å². The highest BCUT2D eigenvalue weighted by Crippen LogP contribution is 2.29. The second-order valence-corrected chi connectivity index (χ2v) is 4.72. The van der Waals surface area contributed by atoms with Crippen molar-refractivity contribution >= 4 is 11.6 Å². The lowest BCUT2D eigenvalue weighted by molar-refractivity contribution is 0.355. The molecule has 124 valence electrons. The summed E-state index contributed by atoms with van der Waals surface area (Å²) < 4.78 is 12.4. The van der Waals surface area contributed by atoms with Crippen LogP contribution in [-0.2, 0) is 6.54 Å². The van der Waals surface area contributed by atoms with E-state index in [0.29, 0.717) is 24.0 Å². The molecule has 7 nitrogen and oxygen atoms in total. The van der Waals surface area contributed by atoms with Crippen LogP contribution in [0.15, 0.2) is 41.7 Å². The summed E-state index contributed by atoms with van der Waals surface area (Å²) in [6.45, 7) is 4.17. The number of ether oxygens (including phenoxy) is 2. The molecule has 0 saturated carbocycles. The maximum absolute atomic E-state index is 5.31. The fourth-order valence-corrected chi connectivity index (χ4v) is 2.05. The molecule has 1 heterocycles. The summed E-state index contributed by atoms with van der Waals surface area (Å²) in [4.78, 5) is 4.54. The molecule has 0 aliphatic heterocycles. The second kappa shape index (κ2) is 8.67. The molecule has 2 N–H and O–H groups in total. The molecule has 0 spiro atoms. The topological polar surface area (TPSA) is 72.7 Å². The van der Waals surface area contributed by atoms with Crippen LogP contribution >= 0.6 is 0 Å². The van der Waals surface area contributed by atoms with E-state index >= 15 is 0 Å². The van der Waals surface area contributed by atoms with E-state index in [1.807, 2.05) is 42.1 Å². The lowest BCUT2D eigenvalue weighted by Gasteiger charge is -2.13. The van der Waals surface area contributed by atoms with Gasteiger partial charge < -0.3 is 20.1 Å². The van der Waals surface area contributed by atoms with Crippen molar-refractivity contribution in [3.8, 4) is 11.5 Å². The van der Waals surface area contributed by atoms with Gasteiger partial charge in [0.15, 0.2) is 17.5 Å². The van der Waals surface area contributed by atoms with Gasteiger partial charge in [0.25, 0.3) is 0 Å². The second-order valence-electron chi connectivity index (χ2n) is 4.72. The van der Waals surface area contributed by atoms with Gasteiger partial charge >= 0.3 is 0 Å². The molecule has 2 rings (SSSR count). The zero-order valence-electron chi connectivity index (χ0n) is 13.7. The van der Waals surface area contributed by atoms with Gasteiger partial charge in [-0.3, -0.25) is 9.67 Å². The van der Waals surface area contributed by atoms with Crippen LogP contribution in [0.4, 0.5) is 5.69 Å². The minimum absolute atomic E-state index is 0.629. The molecule has 0 bridgehead atoms. The van der Waals surface area contributed by atoms with Gasteiger partial charge in [0, 0.05) is 30.7 Å². The maximum atomic E-state index is 5.31. The molecule has 0 fully saturated rings. The summed E-state index contributed by atoms with van der Waals surface area (Å²) in [5.74, 6) is 2.08. The standard InChI is InChI=1S/C16H23N5O2/c1-4-17-16(18-9-11-21-10-5-8-19-21)20-13-6-7-14(22-2)15(12-13)23-3/h5-8,10,12H,4,9,11H2,1-3H3,(H2,17,18,20). The normalized spacial score (nSPS) is 11.2. The Labute approximate surface area is 136 Å². The number of aliphatic imine (C=N–C) groups is 1. The van der Waals surface area contributed by atoms with Gasteiger partial charge in [-0.25, -0.2) is 0 Å². The highest BCUT2D eigenvalue weighted by molar-refractivity contribution is 5.93. The number of rotatable bonds is 7. The minimum atomic E-state index is 0.629. The van der Waals surface area contributed by atoms with E-state index in [1.54, 1.807) is 20.4 Å².